The van der Waals surface area contributed by atoms with Crippen molar-refractivity contribution in [3.8, 4) is 5.75 Å². The fourth-order valence-corrected chi connectivity index (χ4v) is 2.12. The molecule has 2 aromatic carbocycles. The fraction of sp³-hybridized carbons (Fsp3) is 0.235. The second-order valence-electron chi connectivity index (χ2n) is 4.83. The van der Waals surface area contributed by atoms with Crippen LogP contribution in [0.4, 0.5) is 0 Å². The van der Waals surface area contributed by atoms with Crippen molar-refractivity contribution in [2.75, 3.05) is 7.11 Å². The molecule has 0 saturated heterocycles. The maximum atomic E-state index is 11.9. The van der Waals surface area contributed by atoms with Gasteiger partial charge in [-0.2, -0.15) is 0 Å². The lowest BCUT2D eigenvalue weighted by atomic mass is 10.1. The molecule has 2 N–H and O–H groups in total. The SMILES string of the molecule is COc1ccc(CNC(=O)C(O)c2ccccc2)cc1C. The number of carbonyl (C=O) groups is 1. The first kappa shape index (κ1) is 15.1. The molecule has 1 atom stereocenters. The Kier molecular flexibility index (Phi) is 4.95. The highest BCUT2D eigenvalue weighted by Crippen LogP contribution is 2.18. The van der Waals surface area contributed by atoms with E-state index >= 15 is 0 Å². The monoisotopic (exact) mass is 285 g/mol. The van der Waals surface area contributed by atoms with Gasteiger partial charge in [0.2, 0.25) is 0 Å². The number of carbonyl (C=O) groups excluding carboxylic acids is 1. The van der Waals surface area contributed by atoms with E-state index in [0.29, 0.717) is 12.1 Å². The minimum absolute atomic E-state index is 0.369. The molecule has 0 fully saturated rings. The Labute approximate surface area is 124 Å². The number of hydrogen-bond donors (Lipinski definition) is 2. The number of hydrogen-bond acceptors (Lipinski definition) is 3. The highest BCUT2D eigenvalue weighted by molar-refractivity contribution is 5.81. The van der Waals surface area contributed by atoms with E-state index < -0.39 is 12.0 Å². The Balaban J connectivity index is 1.96. The third-order valence-corrected chi connectivity index (χ3v) is 3.29. The lowest BCUT2D eigenvalue weighted by molar-refractivity contribution is -0.129. The molecule has 21 heavy (non-hydrogen) atoms. The molecule has 4 heteroatoms. The van der Waals surface area contributed by atoms with Gasteiger partial charge in [0, 0.05) is 6.54 Å². The van der Waals surface area contributed by atoms with Gasteiger partial charge in [-0.05, 0) is 29.7 Å². The Hall–Kier alpha value is -2.33. The van der Waals surface area contributed by atoms with Crippen molar-refractivity contribution >= 4 is 5.91 Å². The molecule has 0 aliphatic carbocycles. The van der Waals surface area contributed by atoms with Crippen LogP contribution in [0.2, 0.25) is 0 Å². The first-order valence-electron chi connectivity index (χ1n) is 6.76. The van der Waals surface area contributed by atoms with Crippen LogP contribution in [-0.4, -0.2) is 18.1 Å². The summed E-state index contributed by atoms with van der Waals surface area (Å²) in [5, 5.41) is 12.7. The Morgan fingerprint density at radius 2 is 1.95 bits per heavy atom. The summed E-state index contributed by atoms with van der Waals surface area (Å²) in [6.07, 6.45) is -1.15. The van der Waals surface area contributed by atoms with Crippen LogP contribution in [0, 0.1) is 6.92 Å². The van der Waals surface area contributed by atoms with Crippen LogP contribution in [0.25, 0.3) is 0 Å². The summed E-state index contributed by atoms with van der Waals surface area (Å²) >= 11 is 0. The third kappa shape index (κ3) is 3.83. The normalized spacial score (nSPS) is 11.8. The number of nitrogens with one attached hydrogen (secondary N) is 1. The lowest BCUT2D eigenvalue weighted by Gasteiger charge is -2.12. The summed E-state index contributed by atoms with van der Waals surface area (Å²) in [5.41, 5.74) is 2.55. The molecule has 2 aromatic rings. The summed E-state index contributed by atoms with van der Waals surface area (Å²) in [6.45, 7) is 2.32. The van der Waals surface area contributed by atoms with E-state index in [0.717, 1.165) is 16.9 Å². The van der Waals surface area contributed by atoms with Gasteiger partial charge in [0.1, 0.15) is 5.75 Å². The third-order valence-electron chi connectivity index (χ3n) is 3.29. The molecule has 0 aliphatic heterocycles. The predicted octanol–water partition coefficient (Wildman–Crippen LogP) is 2.35. The number of aryl methyl sites for hydroxylation is 1. The molecule has 110 valence electrons. The summed E-state index contributed by atoms with van der Waals surface area (Å²) < 4.78 is 5.19. The lowest BCUT2D eigenvalue weighted by Crippen LogP contribution is -2.28. The van der Waals surface area contributed by atoms with Crippen molar-refractivity contribution in [3.05, 3.63) is 65.2 Å². The molecule has 0 saturated carbocycles. The molecule has 0 radical (unpaired) electrons. The van der Waals surface area contributed by atoms with Crippen molar-refractivity contribution < 1.29 is 14.6 Å². The standard InChI is InChI=1S/C17H19NO3/c1-12-10-13(8-9-15(12)21-2)11-18-17(20)16(19)14-6-4-3-5-7-14/h3-10,16,19H,11H2,1-2H3,(H,18,20). The molecule has 0 bridgehead atoms. The average Bonchev–Trinajstić information content (AvgIpc) is 2.52. The Morgan fingerprint density at radius 1 is 1.24 bits per heavy atom. The van der Waals surface area contributed by atoms with E-state index in [1.165, 1.54) is 0 Å². The largest absolute Gasteiger partial charge is 0.496 e. The smallest absolute Gasteiger partial charge is 0.253 e. The van der Waals surface area contributed by atoms with Gasteiger partial charge >= 0.3 is 0 Å². The molecule has 0 aromatic heterocycles. The first-order chi connectivity index (χ1) is 10.1. The quantitative estimate of drug-likeness (QED) is 0.886. The van der Waals surface area contributed by atoms with Crippen LogP contribution in [0.1, 0.15) is 22.8 Å². The van der Waals surface area contributed by atoms with Gasteiger partial charge in [-0.15, -0.1) is 0 Å². The number of aliphatic hydroxyl groups is 1. The van der Waals surface area contributed by atoms with Crippen LogP contribution in [0.15, 0.2) is 48.5 Å². The van der Waals surface area contributed by atoms with Crippen LogP contribution in [0.3, 0.4) is 0 Å². The van der Waals surface area contributed by atoms with Gasteiger partial charge in [0.15, 0.2) is 6.10 Å². The molecule has 1 unspecified atom stereocenters. The number of methoxy groups -OCH3 is 1. The van der Waals surface area contributed by atoms with Gasteiger partial charge in [0.05, 0.1) is 7.11 Å². The number of ether oxygens (including phenoxy) is 1. The van der Waals surface area contributed by atoms with Crippen molar-refractivity contribution in [2.45, 2.75) is 19.6 Å². The van der Waals surface area contributed by atoms with Crippen LogP contribution >= 0.6 is 0 Å². The number of benzene rings is 2. The van der Waals surface area contributed by atoms with Crippen molar-refractivity contribution in [3.63, 3.8) is 0 Å². The fourth-order valence-electron chi connectivity index (χ4n) is 2.12. The average molecular weight is 285 g/mol. The predicted molar refractivity (Wildman–Crippen MR) is 81.0 cm³/mol. The maximum absolute atomic E-state index is 11.9. The number of amides is 1. The van der Waals surface area contributed by atoms with Crippen molar-refractivity contribution in [2.24, 2.45) is 0 Å². The molecule has 0 spiro atoms. The topological polar surface area (TPSA) is 58.6 Å². The van der Waals surface area contributed by atoms with Gasteiger partial charge in [-0.3, -0.25) is 4.79 Å². The van der Waals surface area contributed by atoms with Gasteiger partial charge in [0.25, 0.3) is 5.91 Å². The molecule has 0 aliphatic rings. The number of aliphatic hydroxyl groups excluding tert-OH is 1. The zero-order chi connectivity index (χ0) is 15.2. The van der Waals surface area contributed by atoms with Crippen molar-refractivity contribution in [1.82, 2.24) is 5.32 Å². The van der Waals surface area contributed by atoms with Crippen LogP contribution in [0.5, 0.6) is 5.75 Å². The zero-order valence-corrected chi connectivity index (χ0v) is 12.2. The molecule has 1 amide bonds. The van der Waals surface area contributed by atoms with Crippen LogP contribution in [-0.2, 0) is 11.3 Å². The summed E-state index contributed by atoms with van der Waals surface area (Å²) in [6, 6.07) is 14.6. The second-order valence-corrected chi connectivity index (χ2v) is 4.83. The van der Waals surface area contributed by atoms with Gasteiger partial charge < -0.3 is 15.2 Å². The van der Waals surface area contributed by atoms with E-state index in [4.69, 9.17) is 4.74 Å². The minimum atomic E-state index is -1.15. The van der Waals surface area contributed by atoms with Crippen molar-refractivity contribution in [1.29, 1.82) is 0 Å². The Morgan fingerprint density at radius 3 is 2.57 bits per heavy atom. The van der Waals surface area contributed by atoms with E-state index in [-0.39, 0.29) is 0 Å². The minimum Gasteiger partial charge on any atom is -0.496 e. The van der Waals surface area contributed by atoms with Crippen LogP contribution < -0.4 is 10.1 Å². The molecule has 4 nitrogen and oxygen atoms in total. The molecule has 0 heterocycles. The molecular weight excluding hydrogens is 266 g/mol. The van der Waals surface area contributed by atoms with Gasteiger partial charge in [-0.1, -0.05) is 42.5 Å². The molecular formula is C17H19NO3. The first-order valence-corrected chi connectivity index (χ1v) is 6.76. The zero-order valence-electron chi connectivity index (χ0n) is 12.2. The van der Waals surface area contributed by atoms with E-state index in [2.05, 4.69) is 5.32 Å². The highest BCUT2D eigenvalue weighted by Gasteiger charge is 2.16. The summed E-state index contributed by atoms with van der Waals surface area (Å²) in [4.78, 5) is 11.9. The second kappa shape index (κ2) is 6.90. The highest BCUT2D eigenvalue weighted by atomic mass is 16.5. The molecule has 2 rings (SSSR count). The van der Waals surface area contributed by atoms with E-state index in [1.807, 2.05) is 31.2 Å². The summed E-state index contributed by atoms with van der Waals surface area (Å²) in [5.74, 6) is 0.407. The Bertz CT molecular complexity index is 611. The summed E-state index contributed by atoms with van der Waals surface area (Å²) in [7, 11) is 1.63. The number of rotatable bonds is 5. The maximum Gasteiger partial charge on any atom is 0.253 e. The van der Waals surface area contributed by atoms with Gasteiger partial charge in [-0.25, -0.2) is 0 Å². The van der Waals surface area contributed by atoms with E-state index in [1.54, 1.807) is 31.4 Å². The van der Waals surface area contributed by atoms with E-state index in [9.17, 15) is 9.90 Å².